The van der Waals surface area contributed by atoms with Crippen LogP contribution in [0.25, 0.3) is 11.1 Å². The Morgan fingerprint density at radius 1 is 1.04 bits per heavy atom. The summed E-state index contributed by atoms with van der Waals surface area (Å²) in [5, 5.41) is 2.93. The van der Waals surface area contributed by atoms with Crippen molar-refractivity contribution in [3.8, 4) is 0 Å². The maximum Gasteiger partial charge on any atom is 0.317 e. The van der Waals surface area contributed by atoms with Gasteiger partial charge in [-0.3, -0.25) is 4.79 Å². The molecular weight excluding hydrogens is 356 g/mol. The first-order chi connectivity index (χ1) is 13.6. The van der Waals surface area contributed by atoms with Crippen LogP contribution in [0, 0.1) is 6.92 Å². The van der Waals surface area contributed by atoms with Crippen molar-refractivity contribution in [3.63, 3.8) is 0 Å². The molecule has 2 heterocycles. The van der Waals surface area contributed by atoms with Crippen LogP contribution in [-0.2, 0) is 6.54 Å². The highest BCUT2D eigenvalue weighted by atomic mass is 16.3. The van der Waals surface area contributed by atoms with Crippen LogP contribution in [0.5, 0.6) is 0 Å². The van der Waals surface area contributed by atoms with Gasteiger partial charge in [0.1, 0.15) is 5.52 Å². The van der Waals surface area contributed by atoms with Crippen LogP contribution in [0.2, 0.25) is 0 Å². The summed E-state index contributed by atoms with van der Waals surface area (Å²) in [4.78, 5) is 32.9. The lowest BCUT2D eigenvalue weighted by Crippen LogP contribution is -2.53. The molecule has 1 aliphatic heterocycles. The molecule has 4 rings (SSSR count). The third kappa shape index (κ3) is 3.83. The Morgan fingerprint density at radius 3 is 2.50 bits per heavy atom. The van der Waals surface area contributed by atoms with E-state index in [4.69, 9.17) is 4.42 Å². The van der Waals surface area contributed by atoms with Crippen molar-refractivity contribution in [1.29, 1.82) is 0 Å². The van der Waals surface area contributed by atoms with Crippen LogP contribution >= 0.6 is 0 Å². The molecule has 0 spiro atoms. The van der Waals surface area contributed by atoms with E-state index in [1.165, 1.54) is 0 Å². The van der Waals surface area contributed by atoms with E-state index in [-0.39, 0.29) is 11.9 Å². The van der Waals surface area contributed by atoms with Gasteiger partial charge in [0.05, 0.1) is 0 Å². The molecule has 2 aromatic carbocycles. The second kappa shape index (κ2) is 7.72. The summed E-state index contributed by atoms with van der Waals surface area (Å²) in [6.07, 6.45) is 0. The molecule has 3 amide bonds. The molecule has 1 aliphatic rings. The number of nitrogens with one attached hydrogen (secondary N) is 1. The maximum absolute atomic E-state index is 12.8. The minimum atomic E-state index is -0.101. The zero-order valence-electron chi connectivity index (χ0n) is 15.7. The summed E-state index contributed by atoms with van der Waals surface area (Å²) in [6.45, 7) is 4.32. The minimum absolute atomic E-state index is 0.0492. The fourth-order valence-corrected chi connectivity index (χ4v) is 3.36. The average molecular weight is 378 g/mol. The van der Waals surface area contributed by atoms with Gasteiger partial charge in [-0.1, -0.05) is 30.3 Å². The number of hydrogen-bond donors (Lipinski definition) is 1. The molecule has 0 radical (unpaired) electrons. The second-order valence-corrected chi connectivity index (χ2v) is 6.84. The molecule has 3 aromatic rings. The van der Waals surface area contributed by atoms with E-state index in [0.717, 1.165) is 5.56 Å². The van der Waals surface area contributed by atoms with Gasteiger partial charge >= 0.3 is 6.03 Å². The van der Waals surface area contributed by atoms with E-state index in [0.29, 0.717) is 55.3 Å². The number of hydrogen-bond acceptors (Lipinski definition) is 4. The zero-order valence-corrected chi connectivity index (χ0v) is 15.7. The molecule has 0 aliphatic carbocycles. The minimum Gasteiger partial charge on any atom is -0.441 e. The van der Waals surface area contributed by atoms with Crippen LogP contribution in [-0.4, -0.2) is 52.9 Å². The molecule has 28 heavy (non-hydrogen) atoms. The molecule has 7 nitrogen and oxygen atoms in total. The van der Waals surface area contributed by atoms with Crippen LogP contribution in [0.3, 0.4) is 0 Å². The van der Waals surface area contributed by atoms with Gasteiger partial charge in [-0.25, -0.2) is 9.78 Å². The van der Waals surface area contributed by atoms with E-state index in [2.05, 4.69) is 10.3 Å². The molecule has 1 saturated heterocycles. The number of benzene rings is 2. The Balaban J connectivity index is 1.32. The van der Waals surface area contributed by atoms with Gasteiger partial charge in [0.25, 0.3) is 5.91 Å². The van der Waals surface area contributed by atoms with Crippen molar-refractivity contribution in [3.05, 3.63) is 65.5 Å². The number of rotatable bonds is 3. The Kier molecular flexibility index (Phi) is 4.97. The van der Waals surface area contributed by atoms with E-state index in [9.17, 15) is 9.59 Å². The molecule has 144 valence electrons. The monoisotopic (exact) mass is 378 g/mol. The Morgan fingerprint density at radius 2 is 1.75 bits per heavy atom. The Labute approximate surface area is 162 Å². The fraction of sp³-hybridized carbons (Fsp3) is 0.286. The van der Waals surface area contributed by atoms with Crippen LogP contribution in [0.15, 0.2) is 52.9 Å². The van der Waals surface area contributed by atoms with Crippen molar-refractivity contribution in [2.75, 3.05) is 26.2 Å². The van der Waals surface area contributed by atoms with Crippen molar-refractivity contribution >= 4 is 23.0 Å². The standard InChI is InChI=1S/C21H22N4O3/c1-15-23-18-13-17(7-8-19(18)28-15)20(26)24-9-11-25(12-10-24)21(27)22-14-16-5-3-2-4-6-16/h2-8,13H,9-12,14H2,1H3,(H,22,27). The molecule has 0 unspecified atom stereocenters. The fourth-order valence-electron chi connectivity index (χ4n) is 3.36. The third-order valence-corrected chi connectivity index (χ3v) is 4.88. The van der Waals surface area contributed by atoms with Gasteiger partial charge < -0.3 is 19.5 Å². The molecule has 1 aromatic heterocycles. The lowest BCUT2D eigenvalue weighted by atomic mass is 10.1. The summed E-state index contributed by atoms with van der Waals surface area (Å²) in [5.74, 6) is 0.529. The van der Waals surface area contributed by atoms with Gasteiger partial charge in [0, 0.05) is 45.2 Å². The van der Waals surface area contributed by atoms with Crippen molar-refractivity contribution in [2.45, 2.75) is 13.5 Å². The topological polar surface area (TPSA) is 78.7 Å². The van der Waals surface area contributed by atoms with Crippen LogP contribution < -0.4 is 5.32 Å². The molecule has 0 atom stereocenters. The van der Waals surface area contributed by atoms with Crippen LogP contribution in [0.1, 0.15) is 21.8 Å². The molecule has 7 heteroatoms. The second-order valence-electron chi connectivity index (χ2n) is 6.84. The summed E-state index contributed by atoms with van der Waals surface area (Å²) >= 11 is 0. The van der Waals surface area contributed by atoms with E-state index in [1.807, 2.05) is 30.3 Å². The number of oxazole rings is 1. The van der Waals surface area contributed by atoms with Crippen molar-refractivity contribution in [2.24, 2.45) is 0 Å². The summed E-state index contributed by atoms with van der Waals surface area (Å²) in [5.41, 5.74) is 3.00. The quantitative estimate of drug-likeness (QED) is 0.760. The van der Waals surface area contributed by atoms with Gasteiger partial charge in [-0.05, 0) is 23.8 Å². The number of aromatic nitrogens is 1. The molecule has 1 N–H and O–H groups in total. The predicted octanol–water partition coefficient (Wildman–Crippen LogP) is 2.80. The third-order valence-electron chi connectivity index (χ3n) is 4.88. The smallest absolute Gasteiger partial charge is 0.317 e. The average Bonchev–Trinajstić information content (AvgIpc) is 3.11. The number of carbonyl (C=O) groups excluding carboxylic acids is 2. The van der Waals surface area contributed by atoms with Gasteiger partial charge in [-0.2, -0.15) is 0 Å². The highest BCUT2D eigenvalue weighted by molar-refractivity contribution is 5.97. The van der Waals surface area contributed by atoms with E-state index < -0.39 is 0 Å². The van der Waals surface area contributed by atoms with E-state index >= 15 is 0 Å². The lowest BCUT2D eigenvalue weighted by Gasteiger charge is -2.34. The number of amides is 3. The van der Waals surface area contributed by atoms with Gasteiger partial charge in [-0.15, -0.1) is 0 Å². The first kappa shape index (κ1) is 18.0. The number of piperazine rings is 1. The summed E-state index contributed by atoms with van der Waals surface area (Å²) in [7, 11) is 0. The molecule has 0 saturated carbocycles. The number of aryl methyl sites for hydroxylation is 1. The highest BCUT2D eigenvalue weighted by Crippen LogP contribution is 2.18. The molecular formula is C21H22N4O3. The first-order valence-corrected chi connectivity index (χ1v) is 9.33. The van der Waals surface area contributed by atoms with Gasteiger partial charge in [0.15, 0.2) is 11.5 Å². The SMILES string of the molecule is Cc1nc2cc(C(=O)N3CCN(C(=O)NCc4ccccc4)CC3)ccc2o1. The molecule has 1 fully saturated rings. The number of urea groups is 1. The summed E-state index contributed by atoms with van der Waals surface area (Å²) in [6, 6.07) is 15.0. The normalized spacial score (nSPS) is 14.3. The highest BCUT2D eigenvalue weighted by Gasteiger charge is 2.25. The molecule has 0 bridgehead atoms. The van der Waals surface area contributed by atoms with Crippen LogP contribution in [0.4, 0.5) is 4.79 Å². The van der Waals surface area contributed by atoms with Gasteiger partial charge in [0.2, 0.25) is 0 Å². The number of fused-ring (bicyclic) bond motifs is 1. The first-order valence-electron chi connectivity index (χ1n) is 9.33. The Bertz CT molecular complexity index is 991. The maximum atomic E-state index is 12.8. The van der Waals surface area contributed by atoms with Crippen molar-refractivity contribution < 1.29 is 14.0 Å². The number of carbonyl (C=O) groups is 2. The zero-order chi connectivity index (χ0) is 19.5. The van der Waals surface area contributed by atoms with Crippen molar-refractivity contribution in [1.82, 2.24) is 20.1 Å². The lowest BCUT2D eigenvalue weighted by molar-refractivity contribution is 0.0665. The largest absolute Gasteiger partial charge is 0.441 e. The predicted molar refractivity (Wildman–Crippen MR) is 105 cm³/mol. The van der Waals surface area contributed by atoms with E-state index in [1.54, 1.807) is 34.9 Å². The number of nitrogens with zero attached hydrogens (tertiary/aromatic N) is 3. The Hall–Kier alpha value is -3.35. The summed E-state index contributed by atoms with van der Waals surface area (Å²) < 4.78 is 5.46.